The van der Waals surface area contributed by atoms with Gasteiger partial charge < -0.3 is 24.1 Å². The second-order valence-electron chi connectivity index (χ2n) is 7.94. The van der Waals surface area contributed by atoms with Gasteiger partial charge in [0.05, 0.1) is 22.8 Å². The van der Waals surface area contributed by atoms with Crippen LogP contribution < -0.4 is 0 Å². The van der Waals surface area contributed by atoms with E-state index in [0.717, 1.165) is 0 Å². The Hall–Kier alpha value is -4.01. The van der Waals surface area contributed by atoms with Crippen LogP contribution >= 0.6 is 0 Å². The van der Waals surface area contributed by atoms with E-state index in [0.29, 0.717) is 0 Å². The second-order valence-corrected chi connectivity index (χ2v) is 7.94. The van der Waals surface area contributed by atoms with Crippen molar-refractivity contribution in [2.45, 2.75) is 37.6 Å². The van der Waals surface area contributed by atoms with E-state index in [1.165, 1.54) is 6.92 Å². The van der Waals surface area contributed by atoms with Crippen LogP contribution in [0.5, 0.6) is 0 Å². The van der Waals surface area contributed by atoms with Gasteiger partial charge in [0, 0.05) is 0 Å². The average Bonchev–Trinajstić information content (AvgIpc) is 2.90. The van der Waals surface area contributed by atoms with Crippen molar-refractivity contribution in [3.63, 3.8) is 0 Å². The average molecular weight is 476 g/mol. The van der Waals surface area contributed by atoms with Gasteiger partial charge in [-0.05, 0) is 43.3 Å². The fourth-order valence-corrected chi connectivity index (χ4v) is 3.62. The molecule has 3 aromatic carbocycles. The summed E-state index contributed by atoms with van der Waals surface area (Å²) in [7, 11) is 0. The van der Waals surface area contributed by atoms with E-state index in [2.05, 4.69) is 0 Å². The third-order valence-corrected chi connectivity index (χ3v) is 5.50. The van der Waals surface area contributed by atoms with Gasteiger partial charge in [-0.2, -0.15) is 0 Å². The standard InChI is InChI=1S/C27H24O8/c1-17-21(28)22(33-24(29)18-11-5-2-6-12-18)23(34-25(30)19-13-7-3-8-14-19)27(32-17)35-26(31)20-15-9-4-10-16-20/h2-17,21-23,27-28H,1H3/t17-,21+,22-,23+,27+/m0/s1. The highest BCUT2D eigenvalue weighted by Crippen LogP contribution is 2.29. The normalized spacial score (nSPS) is 23.7. The lowest BCUT2D eigenvalue weighted by Gasteiger charge is -2.41. The molecule has 180 valence electrons. The van der Waals surface area contributed by atoms with Crippen LogP contribution in [0.25, 0.3) is 0 Å². The van der Waals surface area contributed by atoms with E-state index in [4.69, 9.17) is 18.9 Å². The minimum atomic E-state index is -1.44. The second kappa shape index (κ2) is 10.9. The van der Waals surface area contributed by atoms with Gasteiger partial charge in [0.1, 0.15) is 6.10 Å². The van der Waals surface area contributed by atoms with Crippen LogP contribution in [0, 0.1) is 0 Å². The Bertz CT molecular complexity index is 1150. The lowest BCUT2D eigenvalue weighted by molar-refractivity contribution is -0.275. The summed E-state index contributed by atoms with van der Waals surface area (Å²) in [6.07, 6.45) is -6.50. The maximum atomic E-state index is 12.9. The summed E-state index contributed by atoms with van der Waals surface area (Å²) < 4.78 is 22.4. The van der Waals surface area contributed by atoms with E-state index in [1.54, 1.807) is 91.0 Å². The summed E-state index contributed by atoms with van der Waals surface area (Å²) in [4.78, 5) is 38.4. The molecule has 0 saturated carbocycles. The van der Waals surface area contributed by atoms with Crippen molar-refractivity contribution >= 4 is 17.9 Å². The topological polar surface area (TPSA) is 108 Å². The number of aliphatic hydroxyl groups excluding tert-OH is 1. The number of esters is 3. The monoisotopic (exact) mass is 476 g/mol. The van der Waals surface area contributed by atoms with Crippen molar-refractivity contribution in [3.8, 4) is 0 Å². The molecule has 1 saturated heterocycles. The predicted octanol–water partition coefficient (Wildman–Crippen LogP) is 3.40. The molecule has 3 aromatic rings. The third-order valence-electron chi connectivity index (χ3n) is 5.50. The Morgan fingerprint density at radius 2 is 1.00 bits per heavy atom. The van der Waals surface area contributed by atoms with Crippen LogP contribution in [0.2, 0.25) is 0 Å². The zero-order valence-corrected chi connectivity index (χ0v) is 18.9. The Morgan fingerprint density at radius 1 is 0.629 bits per heavy atom. The third kappa shape index (κ3) is 5.74. The van der Waals surface area contributed by atoms with Gasteiger partial charge in [-0.25, -0.2) is 14.4 Å². The predicted molar refractivity (Wildman–Crippen MR) is 123 cm³/mol. The highest BCUT2D eigenvalue weighted by molar-refractivity contribution is 5.91. The fourth-order valence-electron chi connectivity index (χ4n) is 3.62. The number of hydrogen-bond donors (Lipinski definition) is 1. The maximum Gasteiger partial charge on any atom is 0.340 e. The molecule has 0 radical (unpaired) electrons. The lowest BCUT2D eigenvalue weighted by Crippen LogP contribution is -2.60. The van der Waals surface area contributed by atoms with Crippen molar-refractivity contribution < 1.29 is 38.4 Å². The van der Waals surface area contributed by atoms with E-state index < -0.39 is 48.6 Å². The number of carbonyl (C=O) groups excluding carboxylic acids is 3. The number of ether oxygens (including phenoxy) is 4. The molecule has 4 rings (SSSR count). The molecule has 5 atom stereocenters. The van der Waals surface area contributed by atoms with Crippen molar-refractivity contribution in [2.24, 2.45) is 0 Å². The molecule has 0 spiro atoms. The van der Waals surface area contributed by atoms with Crippen molar-refractivity contribution in [2.75, 3.05) is 0 Å². The van der Waals surface area contributed by atoms with Gasteiger partial charge in [0.25, 0.3) is 0 Å². The lowest BCUT2D eigenvalue weighted by atomic mass is 9.99. The highest BCUT2D eigenvalue weighted by atomic mass is 16.7. The minimum absolute atomic E-state index is 0.224. The molecule has 1 aliphatic rings. The van der Waals surface area contributed by atoms with Crippen LogP contribution in [0.4, 0.5) is 0 Å². The van der Waals surface area contributed by atoms with Crippen molar-refractivity contribution in [1.29, 1.82) is 0 Å². The van der Waals surface area contributed by atoms with Gasteiger partial charge >= 0.3 is 17.9 Å². The molecule has 1 heterocycles. The molecule has 35 heavy (non-hydrogen) atoms. The van der Waals surface area contributed by atoms with Gasteiger partial charge in [0.15, 0.2) is 6.10 Å². The number of aliphatic hydroxyl groups is 1. The summed E-state index contributed by atoms with van der Waals surface area (Å²) in [6, 6.07) is 24.5. The summed E-state index contributed by atoms with van der Waals surface area (Å²) in [5.74, 6) is -2.23. The molecule has 8 heteroatoms. The summed E-state index contributed by atoms with van der Waals surface area (Å²) >= 11 is 0. The fraction of sp³-hybridized carbons (Fsp3) is 0.222. The molecule has 8 nitrogen and oxygen atoms in total. The number of rotatable bonds is 6. The van der Waals surface area contributed by atoms with Crippen molar-refractivity contribution in [1.82, 2.24) is 0 Å². The largest absolute Gasteiger partial charge is 0.452 e. The Balaban J connectivity index is 1.63. The molecule has 0 unspecified atom stereocenters. The number of hydrogen-bond acceptors (Lipinski definition) is 8. The van der Waals surface area contributed by atoms with Gasteiger partial charge in [0.2, 0.25) is 12.4 Å². The van der Waals surface area contributed by atoms with Gasteiger partial charge in [-0.15, -0.1) is 0 Å². The zero-order valence-electron chi connectivity index (χ0n) is 18.9. The first-order valence-corrected chi connectivity index (χ1v) is 11.1. The summed E-state index contributed by atoms with van der Waals surface area (Å²) in [5, 5.41) is 10.8. The van der Waals surface area contributed by atoms with E-state index in [-0.39, 0.29) is 16.7 Å². The van der Waals surface area contributed by atoms with Crippen LogP contribution in [0.3, 0.4) is 0 Å². The highest BCUT2D eigenvalue weighted by Gasteiger charge is 2.50. The molecule has 1 aliphatic heterocycles. The van der Waals surface area contributed by atoms with Crippen LogP contribution in [-0.4, -0.2) is 53.7 Å². The molecular formula is C27H24O8. The molecular weight excluding hydrogens is 452 g/mol. The quantitative estimate of drug-likeness (QED) is 0.426. The van der Waals surface area contributed by atoms with E-state index in [9.17, 15) is 19.5 Å². The van der Waals surface area contributed by atoms with Crippen LogP contribution in [-0.2, 0) is 18.9 Å². The van der Waals surface area contributed by atoms with E-state index in [1.807, 2.05) is 0 Å². The molecule has 1 N–H and O–H groups in total. The Labute approximate surface area is 202 Å². The smallest absolute Gasteiger partial charge is 0.340 e. The minimum Gasteiger partial charge on any atom is -0.452 e. The molecule has 1 fully saturated rings. The number of carbonyl (C=O) groups is 3. The first-order chi connectivity index (χ1) is 16.9. The first kappa shape index (κ1) is 24.1. The van der Waals surface area contributed by atoms with Crippen molar-refractivity contribution in [3.05, 3.63) is 108 Å². The zero-order chi connectivity index (χ0) is 24.8. The van der Waals surface area contributed by atoms with E-state index >= 15 is 0 Å². The van der Waals surface area contributed by atoms with Gasteiger partial charge in [-0.1, -0.05) is 54.6 Å². The summed E-state index contributed by atoms with van der Waals surface area (Å²) in [5.41, 5.74) is 0.715. The molecule has 0 aliphatic carbocycles. The first-order valence-electron chi connectivity index (χ1n) is 11.1. The molecule has 0 amide bonds. The maximum absolute atomic E-state index is 12.9. The molecule has 0 aromatic heterocycles. The Morgan fingerprint density at radius 3 is 1.43 bits per heavy atom. The Kier molecular flexibility index (Phi) is 7.54. The van der Waals surface area contributed by atoms with Crippen LogP contribution in [0.15, 0.2) is 91.0 Å². The SMILES string of the molecule is C[C@@H]1O[C@H](OC(=O)c2ccccc2)[C@H](OC(=O)c2ccccc2)[C@@H](OC(=O)c2ccccc2)[C@@H]1O. The van der Waals surface area contributed by atoms with Gasteiger partial charge in [-0.3, -0.25) is 0 Å². The number of benzene rings is 3. The summed E-state index contributed by atoms with van der Waals surface area (Å²) in [6.45, 7) is 1.53. The molecule has 0 bridgehead atoms. The van der Waals surface area contributed by atoms with Crippen LogP contribution in [0.1, 0.15) is 38.0 Å².